The number of rotatable bonds is 0. The number of aryl methyl sites for hydroxylation is 1. The number of halogens is 1. The van der Waals surface area contributed by atoms with E-state index in [1.54, 1.807) is 11.3 Å². The van der Waals surface area contributed by atoms with Gasteiger partial charge in [-0.1, -0.05) is 12.1 Å². The minimum absolute atomic E-state index is 0. The molecule has 0 spiro atoms. The van der Waals surface area contributed by atoms with Gasteiger partial charge in [-0.25, -0.2) is 4.99 Å². The van der Waals surface area contributed by atoms with Gasteiger partial charge in [0.05, 0.1) is 16.9 Å². The second-order valence-corrected chi connectivity index (χ2v) is 5.00. The first kappa shape index (κ1) is 12.0. The molecule has 3 nitrogen and oxygen atoms in total. The Morgan fingerprint density at radius 2 is 2.06 bits per heavy atom. The summed E-state index contributed by atoms with van der Waals surface area (Å²) in [5, 5.41) is 4.45. The number of hydrogen-bond acceptors (Lipinski definition) is 4. The van der Waals surface area contributed by atoms with Crippen molar-refractivity contribution in [3.05, 3.63) is 40.8 Å². The van der Waals surface area contributed by atoms with Gasteiger partial charge in [0.25, 0.3) is 0 Å². The van der Waals surface area contributed by atoms with E-state index in [2.05, 4.69) is 23.3 Å². The highest BCUT2D eigenvalue weighted by molar-refractivity contribution is 7.16. The van der Waals surface area contributed by atoms with Crippen molar-refractivity contribution in [2.24, 2.45) is 10.7 Å². The molecule has 3 N–H and O–H groups in total. The van der Waals surface area contributed by atoms with E-state index in [0.717, 1.165) is 21.9 Å². The van der Waals surface area contributed by atoms with E-state index in [4.69, 9.17) is 5.73 Å². The van der Waals surface area contributed by atoms with Crippen LogP contribution in [0.1, 0.15) is 10.4 Å². The van der Waals surface area contributed by atoms with Gasteiger partial charge in [-0.05, 0) is 25.1 Å². The number of hydrogen-bond donors (Lipinski definition) is 2. The van der Waals surface area contributed by atoms with Crippen LogP contribution in [0.3, 0.4) is 0 Å². The summed E-state index contributed by atoms with van der Waals surface area (Å²) in [6.45, 7) is 2.07. The van der Waals surface area contributed by atoms with Crippen LogP contribution in [0.2, 0.25) is 0 Å². The van der Waals surface area contributed by atoms with E-state index >= 15 is 0 Å². The zero-order valence-corrected chi connectivity index (χ0v) is 10.9. The fraction of sp³-hybridized carbons (Fsp3) is 0.0833. The molecule has 3 rings (SSSR count). The first-order valence-corrected chi connectivity index (χ1v) is 5.87. The molecule has 1 aromatic carbocycles. The first-order chi connectivity index (χ1) is 7.74. The number of thiophene rings is 1. The second kappa shape index (κ2) is 4.39. The Balaban J connectivity index is 0.00000108. The van der Waals surface area contributed by atoms with Gasteiger partial charge in [0.15, 0.2) is 0 Å². The molecule has 0 amide bonds. The highest BCUT2D eigenvalue weighted by atomic mass is 35.5. The van der Waals surface area contributed by atoms with Crippen LogP contribution in [-0.2, 0) is 0 Å². The highest BCUT2D eigenvalue weighted by Crippen LogP contribution is 2.37. The molecule has 2 heterocycles. The molecule has 0 fully saturated rings. The minimum atomic E-state index is 0. The van der Waals surface area contributed by atoms with E-state index in [1.165, 1.54) is 4.88 Å². The Kier molecular flexibility index (Phi) is 3.09. The number of nitrogens with zero attached hydrogens (tertiary/aromatic N) is 1. The number of fused-ring (bicyclic) bond motifs is 2. The van der Waals surface area contributed by atoms with E-state index in [-0.39, 0.29) is 12.4 Å². The Labute approximate surface area is 110 Å². The summed E-state index contributed by atoms with van der Waals surface area (Å²) >= 11 is 1.70. The summed E-state index contributed by atoms with van der Waals surface area (Å²) in [5.41, 5.74) is 8.89. The van der Waals surface area contributed by atoms with Crippen molar-refractivity contribution in [1.29, 1.82) is 0 Å². The number of aliphatic imine (C=N–C) groups is 1. The van der Waals surface area contributed by atoms with Gasteiger partial charge in [0.2, 0.25) is 0 Å². The predicted octanol–water partition coefficient (Wildman–Crippen LogP) is 3.57. The standard InChI is InChI=1S/C12H11N3S.ClH/c1-7-6-8-11(13)14-9-4-2-3-5-10(9)15-12(8)16-7;/h2-6,15H,1H3,(H2,13,14);1H. The maximum absolute atomic E-state index is 5.99. The summed E-state index contributed by atoms with van der Waals surface area (Å²) in [7, 11) is 0. The Morgan fingerprint density at radius 1 is 1.29 bits per heavy atom. The van der Waals surface area contributed by atoms with Gasteiger partial charge < -0.3 is 11.1 Å². The lowest BCUT2D eigenvalue weighted by molar-refractivity contribution is 1.48. The molecule has 0 aliphatic carbocycles. The maximum Gasteiger partial charge on any atom is 0.134 e. The van der Waals surface area contributed by atoms with Crippen molar-refractivity contribution in [3.8, 4) is 0 Å². The lowest BCUT2D eigenvalue weighted by Gasteiger charge is -2.04. The van der Waals surface area contributed by atoms with Gasteiger partial charge in [0, 0.05) is 4.88 Å². The summed E-state index contributed by atoms with van der Waals surface area (Å²) in [4.78, 5) is 5.66. The van der Waals surface area contributed by atoms with Crippen molar-refractivity contribution in [3.63, 3.8) is 0 Å². The number of nitrogens with two attached hydrogens (primary N) is 1. The number of nitrogens with one attached hydrogen (secondary N) is 1. The van der Waals surface area contributed by atoms with Crippen LogP contribution in [-0.4, -0.2) is 5.84 Å². The zero-order valence-electron chi connectivity index (χ0n) is 9.23. The monoisotopic (exact) mass is 265 g/mol. The zero-order chi connectivity index (χ0) is 11.1. The average Bonchev–Trinajstić information content (AvgIpc) is 2.57. The SMILES string of the molecule is Cc1cc2c(s1)Nc1ccccc1N=C2N.Cl. The van der Waals surface area contributed by atoms with Crippen molar-refractivity contribution in [2.45, 2.75) is 6.92 Å². The van der Waals surface area contributed by atoms with E-state index in [1.807, 2.05) is 24.3 Å². The average molecular weight is 266 g/mol. The van der Waals surface area contributed by atoms with Gasteiger partial charge in [-0.3, -0.25) is 0 Å². The summed E-state index contributed by atoms with van der Waals surface area (Å²) in [6, 6.07) is 9.98. The van der Waals surface area contributed by atoms with Crippen molar-refractivity contribution in [1.82, 2.24) is 0 Å². The quantitative estimate of drug-likeness (QED) is 0.765. The number of amidine groups is 1. The molecule has 1 aromatic heterocycles. The third-order valence-corrected chi connectivity index (χ3v) is 3.49. The number of benzene rings is 1. The number of anilines is 2. The molecule has 17 heavy (non-hydrogen) atoms. The van der Waals surface area contributed by atoms with Gasteiger partial charge in [-0.15, -0.1) is 23.7 Å². The topological polar surface area (TPSA) is 50.4 Å². The molecule has 88 valence electrons. The Hall–Kier alpha value is -1.52. The van der Waals surface area contributed by atoms with E-state index < -0.39 is 0 Å². The van der Waals surface area contributed by atoms with Gasteiger partial charge >= 0.3 is 0 Å². The smallest absolute Gasteiger partial charge is 0.134 e. The molecule has 0 bridgehead atoms. The van der Waals surface area contributed by atoms with Crippen LogP contribution in [0.4, 0.5) is 16.4 Å². The molecular weight excluding hydrogens is 254 g/mol. The van der Waals surface area contributed by atoms with Crippen LogP contribution >= 0.6 is 23.7 Å². The number of para-hydroxylation sites is 2. The van der Waals surface area contributed by atoms with Crippen LogP contribution < -0.4 is 11.1 Å². The Bertz CT molecular complexity index is 589. The normalized spacial score (nSPS) is 12.4. The lowest BCUT2D eigenvalue weighted by atomic mass is 10.3. The fourth-order valence-electron chi connectivity index (χ4n) is 1.79. The van der Waals surface area contributed by atoms with Crippen molar-refractivity contribution in [2.75, 3.05) is 5.32 Å². The first-order valence-electron chi connectivity index (χ1n) is 5.05. The van der Waals surface area contributed by atoms with Gasteiger partial charge in [-0.2, -0.15) is 0 Å². The molecule has 5 heteroatoms. The van der Waals surface area contributed by atoms with Crippen LogP contribution in [0.5, 0.6) is 0 Å². The lowest BCUT2D eigenvalue weighted by Crippen LogP contribution is -2.11. The summed E-state index contributed by atoms with van der Waals surface area (Å²) in [6.07, 6.45) is 0. The molecule has 0 unspecified atom stereocenters. The summed E-state index contributed by atoms with van der Waals surface area (Å²) < 4.78 is 0. The molecular formula is C12H12ClN3S. The molecule has 0 atom stereocenters. The van der Waals surface area contributed by atoms with Crippen molar-refractivity contribution >= 4 is 46.0 Å². The molecule has 1 aliphatic rings. The van der Waals surface area contributed by atoms with E-state index in [9.17, 15) is 0 Å². The minimum Gasteiger partial charge on any atom is -0.383 e. The van der Waals surface area contributed by atoms with Gasteiger partial charge in [0.1, 0.15) is 10.8 Å². The molecule has 0 saturated heterocycles. The molecule has 0 radical (unpaired) electrons. The fourth-order valence-corrected chi connectivity index (χ4v) is 2.72. The molecule has 2 aromatic rings. The third-order valence-electron chi connectivity index (χ3n) is 2.52. The largest absolute Gasteiger partial charge is 0.383 e. The third kappa shape index (κ3) is 2.01. The van der Waals surface area contributed by atoms with Crippen LogP contribution in [0.25, 0.3) is 0 Å². The molecule has 0 saturated carbocycles. The Morgan fingerprint density at radius 3 is 2.88 bits per heavy atom. The van der Waals surface area contributed by atoms with Crippen LogP contribution in [0.15, 0.2) is 35.3 Å². The second-order valence-electron chi connectivity index (χ2n) is 3.74. The van der Waals surface area contributed by atoms with Crippen molar-refractivity contribution < 1.29 is 0 Å². The molecule has 1 aliphatic heterocycles. The summed E-state index contributed by atoms with van der Waals surface area (Å²) in [5.74, 6) is 0.580. The maximum atomic E-state index is 5.99. The highest BCUT2D eigenvalue weighted by Gasteiger charge is 2.16. The van der Waals surface area contributed by atoms with E-state index in [0.29, 0.717) is 5.84 Å². The predicted molar refractivity (Wildman–Crippen MR) is 76.4 cm³/mol. The van der Waals surface area contributed by atoms with Crippen LogP contribution in [0, 0.1) is 6.92 Å².